The Morgan fingerprint density at radius 3 is 1.71 bits per heavy atom. The first-order valence-electron chi connectivity index (χ1n) is 20.3. The molecule has 16 heteroatoms. The monoisotopic (exact) mass is 810 g/mol. The number of aliphatic hydroxyl groups is 1. The molecule has 282 valence electrons. The predicted molar refractivity (Wildman–Crippen MR) is 278 cm³/mol. The number of fused-ring (bicyclic) bond motifs is 4. The van der Waals surface area contributed by atoms with E-state index < -0.39 is 22.7 Å². The average Bonchev–Trinajstić information content (AvgIpc) is 3.82. The highest BCUT2D eigenvalue weighted by Crippen LogP contribution is 2.51. The Bertz CT molecular complexity index is 3460. The molecule has 1 aromatic heterocycles. The van der Waals surface area contributed by atoms with Crippen LogP contribution in [0.15, 0.2) is 95.7 Å². The maximum absolute atomic E-state index is 12.2. The van der Waals surface area contributed by atoms with Crippen LogP contribution in [0.25, 0.3) is 66.4 Å². The molecule has 9 rings (SSSR count). The van der Waals surface area contributed by atoms with E-state index in [2.05, 4.69) is 10.5 Å². The number of nitrogens with zero attached hydrogens (tertiary/aromatic N) is 2. The highest BCUT2D eigenvalue weighted by atomic mass is 16.3. The molecule has 0 aliphatic heterocycles. The van der Waals surface area contributed by atoms with E-state index in [9.17, 15) is 15.3 Å². The van der Waals surface area contributed by atoms with Gasteiger partial charge in [0.25, 0.3) is 0 Å². The second-order valence-electron chi connectivity index (χ2n) is 16.7. The SMILES string of the molecule is [B]C(Cc1c2c(O)c([B])c([B])c([B])c2c(-c2ccc(-n3c(-c4ccccc4)nc4ccccc43)cc2)c2c([B])c([B])c([B])c(O)c12)=C1/C(=C(/O)C#C)c2c([B])c([B])c([B])c([B])c2C1(C)C. The Morgan fingerprint density at radius 1 is 0.615 bits per heavy atom. The first-order valence-corrected chi connectivity index (χ1v) is 20.3. The van der Waals surface area contributed by atoms with Crippen LogP contribution >= 0.6 is 0 Å². The molecule has 5 nitrogen and oxygen atoms in total. The molecule has 0 saturated carbocycles. The van der Waals surface area contributed by atoms with E-state index in [1.165, 1.54) is 0 Å². The molecule has 0 spiro atoms. The zero-order valence-corrected chi connectivity index (χ0v) is 35.4. The van der Waals surface area contributed by atoms with Gasteiger partial charge in [-0.15, -0.1) is 33.7 Å². The van der Waals surface area contributed by atoms with Crippen LogP contribution in [0.4, 0.5) is 0 Å². The largest absolute Gasteiger partial charge is 0.508 e. The van der Waals surface area contributed by atoms with Gasteiger partial charge >= 0.3 is 0 Å². The van der Waals surface area contributed by atoms with Gasteiger partial charge in [0.1, 0.15) is 104 Å². The van der Waals surface area contributed by atoms with Crippen LogP contribution in [0.3, 0.4) is 0 Å². The third-order valence-corrected chi connectivity index (χ3v) is 12.8. The number of terminal acetylenes is 1. The molecule has 7 aromatic carbocycles. The maximum Gasteiger partial charge on any atom is 0.175 e. The molecular formula is C49H25B11N2O3. The Kier molecular flexibility index (Phi) is 10.6. The fraction of sp³-hybridized carbons (Fsp3) is 0.0816. The number of phenolic OH excluding ortho intramolecular Hbond substituents is 2. The van der Waals surface area contributed by atoms with Gasteiger partial charge in [0.05, 0.1) is 11.0 Å². The number of aromatic hydroxyl groups is 2. The van der Waals surface area contributed by atoms with E-state index in [1.54, 1.807) is 13.8 Å². The van der Waals surface area contributed by atoms with Gasteiger partial charge in [-0.05, 0) is 80.8 Å². The molecule has 8 aromatic rings. The van der Waals surface area contributed by atoms with Gasteiger partial charge < -0.3 is 15.3 Å². The number of allylic oxidation sites excluding steroid dienone is 4. The summed E-state index contributed by atoms with van der Waals surface area (Å²) >= 11 is 0. The van der Waals surface area contributed by atoms with E-state index in [0.29, 0.717) is 22.3 Å². The van der Waals surface area contributed by atoms with E-state index in [4.69, 9.17) is 97.7 Å². The summed E-state index contributed by atoms with van der Waals surface area (Å²) in [6.45, 7) is 3.61. The van der Waals surface area contributed by atoms with Crippen molar-refractivity contribution in [1.82, 2.24) is 9.55 Å². The van der Waals surface area contributed by atoms with Crippen LogP contribution in [0.2, 0.25) is 0 Å². The molecular weight excluding hydrogens is 783 g/mol. The minimum Gasteiger partial charge on any atom is -0.508 e. The van der Waals surface area contributed by atoms with Crippen molar-refractivity contribution in [1.29, 1.82) is 0 Å². The molecule has 22 radical (unpaired) electrons. The number of aliphatic hydroxyl groups excluding tert-OH is 1. The Morgan fingerprint density at radius 2 is 1.14 bits per heavy atom. The van der Waals surface area contributed by atoms with Gasteiger partial charge in [-0.3, -0.25) is 4.57 Å². The first-order chi connectivity index (χ1) is 30.8. The second kappa shape index (κ2) is 15.7. The van der Waals surface area contributed by atoms with E-state index in [0.717, 1.165) is 28.1 Å². The molecule has 65 heavy (non-hydrogen) atoms. The molecule has 0 amide bonds. The highest BCUT2D eigenvalue weighted by molar-refractivity contribution is 6.66. The number of benzene rings is 7. The molecule has 1 aliphatic carbocycles. The highest BCUT2D eigenvalue weighted by Gasteiger charge is 2.43. The summed E-state index contributed by atoms with van der Waals surface area (Å²) < 4.78 is 2.05. The van der Waals surface area contributed by atoms with Gasteiger partial charge in [-0.2, -0.15) is 0 Å². The number of imidazole rings is 1. The minimum atomic E-state index is -1.12. The van der Waals surface area contributed by atoms with Crippen molar-refractivity contribution in [2.75, 3.05) is 0 Å². The molecule has 0 saturated heterocycles. The smallest absolute Gasteiger partial charge is 0.175 e. The van der Waals surface area contributed by atoms with E-state index >= 15 is 0 Å². The molecule has 0 bridgehead atoms. The quantitative estimate of drug-likeness (QED) is 0.0893. The number of para-hydroxylation sites is 2. The first kappa shape index (κ1) is 43.9. The zero-order chi connectivity index (χ0) is 46.7. The molecule has 0 atom stereocenters. The van der Waals surface area contributed by atoms with Gasteiger partial charge in [-0.1, -0.05) is 101 Å². The summed E-state index contributed by atoms with van der Waals surface area (Å²) in [6.07, 6.45) is 5.54. The molecule has 0 unspecified atom stereocenters. The van der Waals surface area contributed by atoms with Crippen LogP contribution in [0.1, 0.15) is 30.5 Å². The van der Waals surface area contributed by atoms with Crippen LogP contribution in [0.5, 0.6) is 11.5 Å². The standard InChI is InChI=1S/C49H25B11N2O3/c1-4-26(63)30-33-35(39(54)43(58)40(55)38(33)53)49(2,3)34(30)23(50)18-22-28-31(36(51)41(56)44(59)46(28)64)27(32-29(22)47(65)45(60)42(57)37(32)52)19-14-16-21(17-15-19)62-25-13-9-8-12-24(25)61-48(62)20-10-6-5-7-11-20/h1,5-17,63-65H,18H2,2-3H3/b30-26+,34-23?. The number of hydrogen-bond acceptors (Lipinski definition) is 4. The lowest BCUT2D eigenvalue weighted by atomic mass is 9.61. The number of aromatic nitrogens is 2. The lowest BCUT2D eigenvalue weighted by molar-refractivity contribution is 0.441. The summed E-state index contributed by atoms with van der Waals surface area (Å²) in [5.74, 6) is 1.58. The molecule has 3 N–H and O–H groups in total. The van der Waals surface area contributed by atoms with Crippen molar-refractivity contribution >= 4 is 179 Å². The second-order valence-corrected chi connectivity index (χ2v) is 16.7. The normalized spacial score (nSPS) is 14.8. The third kappa shape index (κ3) is 6.29. The summed E-state index contributed by atoms with van der Waals surface area (Å²) in [6, 6.07) is 25.1. The minimum absolute atomic E-state index is 0.00302. The Hall–Kier alpha value is -6.32. The van der Waals surface area contributed by atoms with Gasteiger partial charge in [0.15, 0.2) is 5.76 Å². The maximum atomic E-state index is 12.2. The lowest BCUT2D eigenvalue weighted by Crippen LogP contribution is -2.51. The third-order valence-electron chi connectivity index (χ3n) is 12.8. The van der Waals surface area contributed by atoms with Crippen LogP contribution in [-0.4, -0.2) is 111 Å². The predicted octanol–water partition coefficient (Wildman–Crippen LogP) is -1.13. The fourth-order valence-corrected chi connectivity index (χ4v) is 9.71. The van der Waals surface area contributed by atoms with E-state index in [1.807, 2.05) is 78.9 Å². The van der Waals surface area contributed by atoms with Crippen molar-refractivity contribution in [2.24, 2.45) is 0 Å². The van der Waals surface area contributed by atoms with Gasteiger partial charge in [0, 0.05) is 33.0 Å². The van der Waals surface area contributed by atoms with Crippen molar-refractivity contribution in [2.45, 2.75) is 25.7 Å². The topological polar surface area (TPSA) is 78.5 Å². The molecule has 1 aliphatic rings. The Labute approximate surface area is 392 Å². The van der Waals surface area contributed by atoms with Crippen LogP contribution in [-0.2, 0) is 11.8 Å². The van der Waals surface area contributed by atoms with Crippen molar-refractivity contribution < 1.29 is 15.3 Å². The van der Waals surface area contributed by atoms with E-state index in [-0.39, 0.29) is 105 Å². The van der Waals surface area contributed by atoms with Gasteiger partial charge in [-0.25, -0.2) is 4.98 Å². The summed E-state index contributed by atoms with van der Waals surface area (Å²) in [5, 5.41) is 36.3. The van der Waals surface area contributed by atoms with Crippen molar-refractivity contribution in [3.8, 4) is 52.0 Å². The summed E-state index contributed by atoms with van der Waals surface area (Å²) in [4.78, 5) is 4.98. The number of hydrogen-bond donors (Lipinski definition) is 3. The molecule has 0 fully saturated rings. The lowest BCUT2D eigenvalue weighted by Gasteiger charge is -2.29. The van der Waals surface area contributed by atoms with Crippen LogP contribution in [0, 0.1) is 12.3 Å². The van der Waals surface area contributed by atoms with Crippen molar-refractivity contribution in [3.63, 3.8) is 0 Å². The van der Waals surface area contributed by atoms with Crippen molar-refractivity contribution in [3.05, 3.63) is 112 Å². The zero-order valence-electron chi connectivity index (χ0n) is 35.4. The molecule has 1 heterocycles. The average molecular weight is 809 g/mol. The number of phenols is 2. The Balaban J connectivity index is 1.37. The van der Waals surface area contributed by atoms with Crippen LogP contribution < -0.4 is 54.6 Å². The number of rotatable bonds is 5. The summed E-state index contributed by atoms with van der Waals surface area (Å²) in [7, 11) is 73.1. The summed E-state index contributed by atoms with van der Waals surface area (Å²) in [5.41, 5.74) is 3.97. The fourth-order valence-electron chi connectivity index (χ4n) is 9.71. The van der Waals surface area contributed by atoms with Gasteiger partial charge in [0.2, 0.25) is 0 Å².